The number of rotatable bonds is 6. The molecule has 0 unspecified atom stereocenters. The average molecular weight is 262 g/mol. The van der Waals surface area contributed by atoms with Crippen LogP contribution in [-0.2, 0) is 4.74 Å². The summed E-state index contributed by atoms with van der Waals surface area (Å²) in [5, 5.41) is 9.95. The largest absolute Gasteiger partial charge is 0.395 e. The first-order valence-corrected chi connectivity index (χ1v) is 6.23. The highest BCUT2D eigenvalue weighted by Gasteiger charge is 2.18. The number of benzene rings is 1. The predicted molar refractivity (Wildman–Crippen MR) is 73.2 cm³/mol. The van der Waals surface area contributed by atoms with Gasteiger partial charge in [0, 0.05) is 37.3 Å². The monoisotopic (exact) mass is 262 g/mol. The molecule has 0 aliphatic carbocycles. The van der Waals surface area contributed by atoms with E-state index in [0.717, 1.165) is 10.9 Å². The van der Waals surface area contributed by atoms with Crippen LogP contribution < -0.4 is 0 Å². The van der Waals surface area contributed by atoms with Crippen molar-refractivity contribution < 1.29 is 14.6 Å². The lowest BCUT2D eigenvalue weighted by Gasteiger charge is -2.21. The molecule has 0 atom stereocenters. The summed E-state index contributed by atoms with van der Waals surface area (Å²) in [6, 6.07) is 7.66. The Labute approximate surface area is 111 Å². The summed E-state index contributed by atoms with van der Waals surface area (Å²) in [7, 11) is 1.59. The van der Waals surface area contributed by atoms with Gasteiger partial charge in [0.15, 0.2) is 0 Å². The number of methoxy groups -OCH3 is 1. The van der Waals surface area contributed by atoms with E-state index in [-0.39, 0.29) is 12.5 Å². The number of amides is 1. The van der Waals surface area contributed by atoms with Crippen molar-refractivity contribution in [3.63, 3.8) is 0 Å². The van der Waals surface area contributed by atoms with E-state index in [1.807, 2.05) is 24.3 Å². The standard InChI is InChI=1S/C14H18N2O3/c1-19-9-7-16(6-8-17)14(18)12-10-15-13-5-3-2-4-11(12)13/h2-5,10,15,17H,6-9H2,1H3. The molecule has 1 heterocycles. The zero-order valence-electron chi connectivity index (χ0n) is 10.9. The molecule has 2 rings (SSSR count). The molecule has 0 aliphatic heterocycles. The van der Waals surface area contributed by atoms with Crippen molar-refractivity contribution >= 4 is 16.8 Å². The van der Waals surface area contributed by atoms with Crippen LogP contribution in [0.25, 0.3) is 10.9 Å². The fourth-order valence-corrected chi connectivity index (χ4v) is 2.06. The van der Waals surface area contributed by atoms with E-state index in [4.69, 9.17) is 9.84 Å². The number of aliphatic hydroxyl groups is 1. The molecule has 19 heavy (non-hydrogen) atoms. The minimum atomic E-state index is -0.0939. The van der Waals surface area contributed by atoms with Gasteiger partial charge in [-0.05, 0) is 6.07 Å². The van der Waals surface area contributed by atoms with E-state index in [0.29, 0.717) is 25.3 Å². The van der Waals surface area contributed by atoms with Crippen LogP contribution in [0, 0.1) is 0 Å². The van der Waals surface area contributed by atoms with Gasteiger partial charge in [-0.2, -0.15) is 0 Å². The molecule has 0 saturated heterocycles. The Morgan fingerprint density at radius 2 is 2.16 bits per heavy atom. The lowest BCUT2D eigenvalue weighted by Crippen LogP contribution is -2.36. The first kappa shape index (κ1) is 13.6. The molecule has 0 spiro atoms. The van der Waals surface area contributed by atoms with E-state index in [1.165, 1.54) is 0 Å². The van der Waals surface area contributed by atoms with Crippen molar-refractivity contribution in [1.82, 2.24) is 9.88 Å². The first-order chi connectivity index (χ1) is 9.27. The van der Waals surface area contributed by atoms with Crippen molar-refractivity contribution in [2.75, 3.05) is 33.4 Å². The molecule has 0 bridgehead atoms. The van der Waals surface area contributed by atoms with Gasteiger partial charge in [0.25, 0.3) is 5.91 Å². The van der Waals surface area contributed by atoms with Gasteiger partial charge in [0.1, 0.15) is 0 Å². The van der Waals surface area contributed by atoms with E-state index in [2.05, 4.69) is 4.98 Å². The van der Waals surface area contributed by atoms with Crippen LogP contribution in [0.1, 0.15) is 10.4 Å². The van der Waals surface area contributed by atoms with E-state index in [9.17, 15) is 4.79 Å². The summed E-state index contributed by atoms with van der Waals surface area (Å²) in [6.45, 7) is 1.17. The number of aliphatic hydroxyl groups excluding tert-OH is 1. The molecule has 5 heteroatoms. The highest BCUT2D eigenvalue weighted by Crippen LogP contribution is 2.19. The van der Waals surface area contributed by atoms with Crippen molar-refractivity contribution in [1.29, 1.82) is 0 Å². The molecule has 5 nitrogen and oxygen atoms in total. The number of hydrogen-bond acceptors (Lipinski definition) is 3. The molecule has 0 aliphatic rings. The first-order valence-electron chi connectivity index (χ1n) is 6.23. The Bertz CT molecular complexity index is 550. The van der Waals surface area contributed by atoms with Crippen LogP contribution in [0.15, 0.2) is 30.5 Å². The second kappa shape index (κ2) is 6.36. The maximum absolute atomic E-state index is 12.5. The van der Waals surface area contributed by atoms with Gasteiger partial charge in [-0.25, -0.2) is 0 Å². The number of aromatic amines is 1. The van der Waals surface area contributed by atoms with Crippen LogP contribution in [-0.4, -0.2) is 54.3 Å². The van der Waals surface area contributed by atoms with Crippen molar-refractivity contribution in [2.45, 2.75) is 0 Å². The molecule has 0 fully saturated rings. The third kappa shape index (κ3) is 2.94. The molecule has 0 saturated carbocycles. The minimum absolute atomic E-state index is 0.0577. The summed E-state index contributed by atoms with van der Waals surface area (Å²) in [5.41, 5.74) is 1.56. The lowest BCUT2D eigenvalue weighted by molar-refractivity contribution is 0.0658. The van der Waals surface area contributed by atoms with Crippen LogP contribution in [0.4, 0.5) is 0 Å². The number of aromatic nitrogens is 1. The predicted octanol–water partition coefficient (Wildman–Crippen LogP) is 1.25. The number of hydrogen-bond donors (Lipinski definition) is 2. The minimum Gasteiger partial charge on any atom is -0.395 e. The second-order valence-electron chi connectivity index (χ2n) is 4.26. The van der Waals surface area contributed by atoms with Gasteiger partial charge < -0.3 is 19.7 Å². The topological polar surface area (TPSA) is 65.6 Å². The SMILES string of the molecule is COCCN(CCO)C(=O)c1c[nH]c2ccccc12. The average Bonchev–Trinajstić information content (AvgIpc) is 2.86. The molecule has 102 valence electrons. The van der Waals surface area contributed by atoms with E-state index in [1.54, 1.807) is 18.2 Å². The van der Waals surface area contributed by atoms with Gasteiger partial charge in [-0.1, -0.05) is 18.2 Å². The fourth-order valence-electron chi connectivity index (χ4n) is 2.06. The molecular weight excluding hydrogens is 244 g/mol. The third-order valence-corrected chi connectivity index (χ3v) is 3.04. The highest BCUT2D eigenvalue weighted by atomic mass is 16.5. The van der Waals surface area contributed by atoms with E-state index < -0.39 is 0 Å². The number of nitrogens with one attached hydrogen (secondary N) is 1. The van der Waals surface area contributed by atoms with Gasteiger partial charge in [-0.15, -0.1) is 0 Å². The highest BCUT2D eigenvalue weighted by molar-refractivity contribution is 6.06. The number of H-pyrrole nitrogens is 1. The summed E-state index contributed by atoms with van der Waals surface area (Å²) in [5.74, 6) is -0.0939. The van der Waals surface area contributed by atoms with Gasteiger partial charge >= 0.3 is 0 Å². The number of carbonyl (C=O) groups excluding carboxylic acids is 1. The Balaban J connectivity index is 2.25. The molecule has 2 aromatic rings. The maximum atomic E-state index is 12.5. The number of para-hydroxylation sites is 1. The quantitative estimate of drug-likeness (QED) is 0.823. The van der Waals surface area contributed by atoms with Crippen molar-refractivity contribution in [3.8, 4) is 0 Å². The summed E-state index contributed by atoms with van der Waals surface area (Å²) in [4.78, 5) is 17.1. The Morgan fingerprint density at radius 3 is 2.89 bits per heavy atom. The summed E-state index contributed by atoms with van der Waals surface area (Å²) in [6.07, 6.45) is 1.71. The van der Waals surface area contributed by atoms with Crippen LogP contribution >= 0.6 is 0 Å². The molecule has 0 radical (unpaired) electrons. The van der Waals surface area contributed by atoms with Crippen molar-refractivity contribution in [2.24, 2.45) is 0 Å². The Hall–Kier alpha value is -1.85. The Kier molecular flexibility index (Phi) is 4.54. The lowest BCUT2D eigenvalue weighted by atomic mass is 10.1. The summed E-state index contributed by atoms with van der Waals surface area (Å²) >= 11 is 0. The molecule has 1 amide bonds. The van der Waals surface area contributed by atoms with Gasteiger partial charge in [-0.3, -0.25) is 4.79 Å². The number of ether oxygens (including phenoxy) is 1. The number of carbonyl (C=O) groups is 1. The third-order valence-electron chi connectivity index (χ3n) is 3.04. The number of nitrogens with zero attached hydrogens (tertiary/aromatic N) is 1. The second-order valence-corrected chi connectivity index (χ2v) is 4.26. The Morgan fingerprint density at radius 1 is 1.37 bits per heavy atom. The molecule has 2 N–H and O–H groups in total. The van der Waals surface area contributed by atoms with Gasteiger partial charge in [0.05, 0.1) is 18.8 Å². The fraction of sp³-hybridized carbons (Fsp3) is 0.357. The van der Waals surface area contributed by atoms with Crippen LogP contribution in [0.2, 0.25) is 0 Å². The molecule has 1 aromatic carbocycles. The number of fused-ring (bicyclic) bond motifs is 1. The van der Waals surface area contributed by atoms with Crippen molar-refractivity contribution in [3.05, 3.63) is 36.0 Å². The van der Waals surface area contributed by atoms with Crippen LogP contribution in [0.3, 0.4) is 0 Å². The normalized spacial score (nSPS) is 10.8. The van der Waals surface area contributed by atoms with E-state index >= 15 is 0 Å². The van der Waals surface area contributed by atoms with Gasteiger partial charge in [0.2, 0.25) is 0 Å². The van der Waals surface area contributed by atoms with Crippen LogP contribution in [0.5, 0.6) is 0 Å². The zero-order chi connectivity index (χ0) is 13.7. The zero-order valence-corrected chi connectivity index (χ0v) is 10.9. The summed E-state index contributed by atoms with van der Waals surface area (Å²) < 4.78 is 4.99. The smallest absolute Gasteiger partial charge is 0.256 e. The molecular formula is C14H18N2O3. The maximum Gasteiger partial charge on any atom is 0.256 e. The molecule has 1 aromatic heterocycles.